The molecule has 0 spiro atoms. The molecule has 0 atom stereocenters. The lowest BCUT2D eigenvalue weighted by atomic mass is 10.2. The number of nitrogens with one attached hydrogen (secondary N) is 1. The molecule has 0 radical (unpaired) electrons. The molecule has 2 aromatic rings. The van der Waals surface area contributed by atoms with E-state index in [9.17, 15) is 9.59 Å². The number of halogens is 1. The summed E-state index contributed by atoms with van der Waals surface area (Å²) in [6.45, 7) is 0. The molecule has 0 bridgehead atoms. The second kappa shape index (κ2) is 5.79. The molecule has 1 aromatic heterocycles. The summed E-state index contributed by atoms with van der Waals surface area (Å²) in [6, 6.07) is 11.5. The van der Waals surface area contributed by atoms with Crippen molar-refractivity contribution in [2.45, 2.75) is 0 Å². The van der Waals surface area contributed by atoms with Crippen LogP contribution in [-0.2, 0) is 0 Å². The number of nitrogens with zero attached hydrogens (tertiary/aromatic N) is 1. The van der Waals surface area contributed by atoms with E-state index in [1.165, 1.54) is 12.1 Å². The molecular formula is C13H9IN2O3. The number of anilines is 1. The van der Waals surface area contributed by atoms with Gasteiger partial charge in [0.25, 0.3) is 5.91 Å². The minimum Gasteiger partial charge on any atom is -0.477 e. The molecular weight excluding hydrogens is 359 g/mol. The lowest BCUT2D eigenvalue weighted by Crippen LogP contribution is -2.15. The van der Waals surface area contributed by atoms with Crippen LogP contribution in [0.25, 0.3) is 0 Å². The number of rotatable bonds is 3. The molecule has 0 aliphatic rings. The number of carboxylic acids is 1. The number of aromatic nitrogens is 1. The van der Waals surface area contributed by atoms with E-state index in [1.54, 1.807) is 18.2 Å². The van der Waals surface area contributed by atoms with Gasteiger partial charge in [-0.3, -0.25) is 4.79 Å². The van der Waals surface area contributed by atoms with Crippen LogP contribution in [0.4, 0.5) is 5.82 Å². The van der Waals surface area contributed by atoms with Gasteiger partial charge in [0.2, 0.25) is 0 Å². The first-order valence-electron chi connectivity index (χ1n) is 5.34. The Morgan fingerprint density at radius 1 is 1.11 bits per heavy atom. The molecule has 0 saturated heterocycles. The number of hydrogen-bond acceptors (Lipinski definition) is 3. The first-order chi connectivity index (χ1) is 9.08. The third kappa shape index (κ3) is 3.28. The maximum absolute atomic E-state index is 12.0. The average molecular weight is 368 g/mol. The van der Waals surface area contributed by atoms with E-state index >= 15 is 0 Å². The van der Waals surface area contributed by atoms with Crippen molar-refractivity contribution in [3.8, 4) is 0 Å². The maximum atomic E-state index is 12.0. The average Bonchev–Trinajstić information content (AvgIpc) is 2.39. The summed E-state index contributed by atoms with van der Waals surface area (Å²) in [5.74, 6) is -1.24. The summed E-state index contributed by atoms with van der Waals surface area (Å²) >= 11 is 2.06. The van der Waals surface area contributed by atoms with E-state index in [4.69, 9.17) is 5.11 Å². The molecule has 19 heavy (non-hydrogen) atoms. The molecule has 1 aromatic carbocycles. The van der Waals surface area contributed by atoms with E-state index in [2.05, 4.69) is 32.9 Å². The normalized spacial score (nSPS) is 9.95. The second-order valence-electron chi connectivity index (χ2n) is 3.65. The Morgan fingerprint density at radius 2 is 1.84 bits per heavy atom. The number of carbonyl (C=O) groups is 2. The van der Waals surface area contributed by atoms with E-state index in [0.717, 1.165) is 3.57 Å². The topological polar surface area (TPSA) is 79.3 Å². The summed E-state index contributed by atoms with van der Waals surface area (Å²) in [5.41, 5.74) is 0.409. The van der Waals surface area contributed by atoms with Gasteiger partial charge in [0, 0.05) is 3.57 Å². The predicted molar refractivity (Wildman–Crippen MR) is 78.3 cm³/mol. The Morgan fingerprint density at radius 3 is 2.53 bits per heavy atom. The van der Waals surface area contributed by atoms with Crippen LogP contribution in [0, 0.1) is 3.57 Å². The van der Waals surface area contributed by atoms with Crippen molar-refractivity contribution >= 4 is 40.3 Å². The molecule has 5 nitrogen and oxygen atoms in total. The molecule has 2 N–H and O–H groups in total. The molecule has 0 unspecified atom stereocenters. The lowest BCUT2D eigenvalue weighted by Gasteiger charge is -2.06. The van der Waals surface area contributed by atoms with Crippen LogP contribution in [0.2, 0.25) is 0 Å². The largest absolute Gasteiger partial charge is 0.477 e. The molecule has 0 fully saturated rings. The van der Waals surface area contributed by atoms with E-state index in [1.807, 2.05) is 12.1 Å². The van der Waals surface area contributed by atoms with Crippen molar-refractivity contribution < 1.29 is 14.7 Å². The Hall–Kier alpha value is -1.96. The van der Waals surface area contributed by atoms with Gasteiger partial charge in [0.15, 0.2) is 5.69 Å². The van der Waals surface area contributed by atoms with E-state index < -0.39 is 5.97 Å². The minimum atomic E-state index is -1.13. The highest BCUT2D eigenvalue weighted by Gasteiger charge is 2.11. The third-order valence-electron chi connectivity index (χ3n) is 2.33. The smallest absolute Gasteiger partial charge is 0.354 e. The van der Waals surface area contributed by atoms with Crippen LogP contribution in [0.1, 0.15) is 20.8 Å². The lowest BCUT2D eigenvalue weighted by molar-refractivity contribution is 0.0690. The van der Waals surface area contributed by atoms with Crippen molar-refractivity contribution in [2.24, 2.45) is 0 Å². The van der Waals surface area contributed by atoms with Gasteiger partial charge >= 0.3 is 5.97 Å². The van der Waals surface area contributed by atoms with Gasteiger partial charge in [-0.05, 0) is 46.9 Å². The zero-order valence-corrected chi connectivity index (χ0v) is 11.8. The molecule has 1 amide bonds. The van der Waals surface area contributed by atoms with Gasteiger partial charge in [-0.15, -0.1) is 0 Å². The number of benzene rings is 1. The highest BCUT2D eigenvalue weighted by Crippen LogP contribution is 2.13. The number of aromatic carboxylic acids is 1. The van der Waals surface area contributed by atoms with Gasteiger partial charge in [-0.25, -0.2) is 9.78 Å². The summed E-state index contributed by atoms with van der Waals surface area (Å²) in [6.07, 6.45) is 0. The van der Waals surface area contributed by atoms with Crippen molar-refractivity contribution in [3.63, 3.8) is 0 Å². The van der Waals surface area contributed by atoms with Crippen molar-refractivity contribution in [1.82, 2.24) is 4.98 Å². The van der Waals surface area contributed by atoms with E-state index in [0.29, 0.717) is 5.56 Å². The highest BCUT2D eigenvalue weighted by atomic mass is 127. The zero-order chi connectivity index (χ0) is 13.8. The number of carbonyl (C=O) groups excluding carboxylic acids is 1. The first kappa shape index (κ1) is 13.5. The predicted octanol–water partition coefficient (Wildman–Crippen LogP) is 2.64. The quantitative estimate of drug-likeness (QED) is 0.817. The minimum absolute atomic E-state index is 0.111. The van der Waals surface area contributed by atoms with Gasteiger partial charge in [0.1, 0.15) is 5.82 Å². The third-order valence-corrected chi connectivity index (χ3v) is 3.27. The van der Waals surface area contributed by atoms with Crippen LogP contribution in [0.3, 0.4) is 0 Å². The summed E-state index contributed by atoms with van der Waals surface area (Å²) in [5, 5.41) is 11.4. The fourth-order valence-corrected chi connectivity index (χ4v) is 2.08. The Kier molecular flexibility index (Phi) is 4.10. The van der Waals surface area contributed by atoms with Crippen molar-refractivity contribution in [1.29, 1.82) is 0 Å². The molecule has 1 heterocycles. The molecule has 96 valence electrons. The fraction of sp³-hybridized carbons (Fsp3) is 0. The standard InChI is InChI=1S/C13H9IN2O3/c14-9-5-2-1-4-8(9)12(17)16-11-7-3-6-10(15-11)13(18)19/h1-7H,(H,18,19)(H,15,16,17). The monoisotopic (exact) mass is 368 g/mol. The zero-order valence-electron chi connectivity index (χ0n) is 9.63. The Bertz CT molecular complexity index is 643. The number of pyridine rings is 1. The van der Waals surface area contributed by atoms with Crippen LogP contribution >= 0.6 is 22.6 Å². The van der Waals surface area contributed by atoms with Gasteiger partial charge in [0.05, 0.1) is 5.56 Å². The molecule has 6 heteroatoms. The second-order valence-corrected chi connectivity index (χ2v) is 4.81. The number of amides is 1. The van der Waals surface area contributed by atoms with Crippen LogP contribution in [0.15, 0.2) is 42.5 Å². The first-order valence-corrected chi connectivity index (χ1v) is 6.42. The van der Waals surface area contributed by atoms with Gasteiger partial charge < -0.3 is 10.4 Å². The number of carboxylic acid groups (broad SMARTS) is 1. The highest BCUT2D eigenvalue weighted by molar-refractivity contribution is 14.1. The van der Waals surface area contributed by atoms with Crippen LogP contribution in [-0.4, -0.2) is 22.0 Å². The Labute approximate surface area is 122 Å². The Balaban J connectivity index is 2.22. The maximum Gasteiger partial charge on any atom is 0.354 e. The number of hydrogen-bond donors (Lipinski definition) is 2. The molecule has 0 saturated carbocycles. The SMILES string of the molecule is O=C(O)c1cccc(NC(=O)c2ccccc2I)n1. The summed E-state index contributed by atoms with van der Waals surface area (Å²) in [4.78, 5) is 26.6. The van der Waals surface area contributed by atoms with Crippen LogP contribution in [0.5, 0.6) is 0 Å². The summed E-state index contributed by atoms with van der Waals surface area (Å²) < 4.78 is 0.812. The molecule has 2 rings (SSSR count). The van der Waals surface area contributed by atoms with Gasteiger partial charge in [-0.1, -0.05) is 18.2 Å². The van der Waals surface area contributed by atoms with Crippen molar-refractivity contribution in [3.05, 3.63) is 57.3 Å². The molecule has 0 aliphatic heterocycles. The van der Waals surface area contributed by atoms with Gasteiger partial charge in [-0.2, -0.15) is 0 Å². The van der Waals surface area contributed by atoms with E-state index in [-0.39, 0.29) is 17.4 Å². The fourth-order valence-electron chi connectivity index (χ4n) is 1.45. The van der Waals surface area contributed by atoms with Crippen LogP contribution < -0.4 is 5.32 Å². The van der Waals surface area contributed by atoms with Crippen molar-refractivity contribution in [2.75, 3.05) is 5.32 Å². The summed E-state index contributed by atoms with van der Waals surface area (Å²) in [7, 11) is 0. The molecule has 0 aliphatic carbocycles.